The van der Waals surface area contributed by atoms with Gasteiger partial charge in [0.2, 0.25) is 5.91 Å². The van der Waals surface area contributed by atoms with Crippen LogP contribution in [0.1, 0.15) is 17.5 Å². The number of fused-ring (bicyclic) bond motifs is 1. The Labute approximate surface area is 221 Å². The normalized spacial score (nSPS) is 15.9. The van der Waals surface area contributed by atoms with Gasteiger partial charge in [-0.1, -0.05) is 96.2 Å². The highest BCUT2D eigenvalue weighted by Crippen LogP contribution is 2.21. The van der Waals surface area contributed by atoms with Crippen LogP contribution < -0.4 is 10.1 Å². The third-order valence-corrected chi connectivity index (χ3v) is 6.49. The number of nitrogens with zero attached hydrogens (tertiary/aromatic N) is 2. The van der Waals surface area contributed by atoms with Crippen molar-refractivity contribution in [1.29, 1.82) is 0 Å². The molecule has 1 aliphatic heterocycles. The van der Waals surface area contributed by atoms with Crippen LogP contribution >= 0.6 is 0 Å². The van der Waals surface area contributed by atoms with Crippen LogP contribution in [0.4, 0.5) is 0 Å². The Balaban J connectivity index is 1.27. The summed E-state index contributed by atoms with van der Waals surface area (Å²) in [6, 6.07) is 32.2. The van der Waals surface area contributed by atoms with Gasteiger partial charge in [-0.25, -0.2) is 0 Å². The van der Waals surface area contributed by atoms with Crippen molar-refractivity contribution >= 4 is 28.3 Å². The summed E-state index contributed by atoms with van der Waals surface area (Å²) in [5, 5.41) is 9.48. The largest absolute Gasteiger partial charge is 0.484 e. The van der Waals surface area contributed by atoms with Gasteiger partial charge in [0.15, 0.2) is 6.61 Å². The lowest BCUT2D eigenvalue weighted by atomic mass is 10.0. The lowest BCUT2D eigenvalue weighted by Crippen LogP contribution is -2.47. The summed E-state index contributed by atoms with van der Waals surface area (Å²) in [5.41, 5.74) is 2.64. The molecule has 5 rings (SSSR count). The van der Waals surface area contributed by atoms with Gasteiger partial charge in [0.1, 0.15) is 18.4 Å². The zero-order valence-electron chi connectivity index (χ0n) is 21.0. The average molecular weight is 508 g/mol. The second-order valence-corrected chi connectivity index (χ2v) is 9.12. The molecule has 1 aliphatic rings. The topological polar surface area (TPSA) is 80.2 Å². The molecular weight excluding hydrogens is 478 g/mol. The molecule has 38 heavy (non-hydrogen) atoms. The fourth-order valence-corrected chi connectivity index (χ4v) is 4.53. The van der Waals surface area contributed by atoms with E-state index in [1.807, 2.05) is 91.0 Å². The molecule has 0 unspecified atom stereocenters. The number of para-hydroxylation sites is 1. The quantitative estimate of drug-likeness (QED) is 0.333. The highest BCUT2D eigenvalue weighted by atomic mass is 16.6. The van der Waals surface area contributed by atoms with Crippen molar-refractivity contribution in [3.05, 3.63) is 114 Å². The maximum Gasteiger partial charge on any atom is 0.261 e. The first kappa shape index (κ1) is 25.0. The molecule has 192 valence electrons. The first-order chi connectivity index (χ1) is 18.7. The molecule has 1 saturated heterocycles. The monoisotopic (exact) mass is 507 g/mol. The number of hydrogen-bond donors (Lipinski definition) is 1. The van der Waals surface area contributed by atoms with Gasteiger partial charge in [0, 0.05) is 13.0 Å². The van der Waals surface area contributed by atoms with Crippen LogP contribution in [-0.2, 0) is 27.6 Å². The number of ether oxygens (including phenoxy) is 1. The maximum atomic E-state index is 13.3. The Kier molecular flexibility index (Phi) is 7.94. The second kappa shape index (κ2) is 12.1. The highest BCUT2D eigenvalue weighted by Gasteiger charge is 2.38. The van der Waals surface area contributed by atoms with Gasteiger partial charge < -0.3 is 19.8 Å². The number of nitrogens with one attached hydrogen (secondary N) is 1. The molecule has 4 aromatic rings. The Morgan fingerprint density at radius 3 is 2.39 bits per heavy atom. The first-order valence-corrected chi connectivity index (χ1v) is 12.6. The molecule has 4 aromatic carbocycles. The Morgan fingerprint density at radius 1 is 0.868 bits per heavy atom. The van der Waals surface area contributed by atoms with Gasteiger partial charge in [-0.3, -0.25) is 9.59 Å². The molecule has 0 bridgehead atoms. The van der Waals surface area contributed by atoms with E-state index in [4.69, 9.17) is 9.57 Å². The van der Waals surface area contributed by atoms with Gasteiger partial charge in [-0.2, -0.15) is 0 Å². The molecule has 7 heteroatoms. The maximum absolute atomic E-state index is 13.3. The van der Waals surface area contributed by atoms with Crippen molar-refractivity contribution in [3.63, 3.8) is 0 Å². The van der Waals surface area contributed by atoms with Gasteiger partial charge >= 0.3 is 0 Å². The van der Waals surface area contributed by atoms with Crippen LogP contribution in [0.25, 0.3) is 10.8 Å². The number of oxime groups is 1. The number of benzene rings is 4. The van der Waals surface area contributed by atoms with E-state index in [1.54, 1.807) is 12.1 Å². The van der Waals surface area contributed by atoms with Crippen molar-refractivity contribution in [2.75, 3.05) is 13.2 Å². The standard InChI is InChI=1S/C31H29N3O4/c35-30(22-37-27-15-5-2-6-16-27)34-20-26(33-38-21-23-10-3-1-4-11-23)18-29(34)31(36)32-19-25-14-9-13-24-12-7-8-17-28(24)25/h1-17,29H,18-22H2,(H,32,36)/t29-/m0/s1. The van der Waals surface area contributed by atoms with Crippen molar-refractivity contribution in [2.45, 2.75) is 25.6 Å². The summed E-state index contributed by atoms with van der Waals surface area (Å²) < 4.78 is 5.67. The van der Waals surface area contributed by atoms with Crippen molar-refractivity contribution in [2.24, 2.45) is 5.16 Å². The molecule has 1 atom stereocenters. The summed E-state index contributed by atoms with van der Waals surface area (Å²) in [6.45, 7) is 0.705. The number of carbonyl (C=O) groups is 2. The van der Waals surface area contributed by atoms with Gasteiger partial charge in [-0.15, -0.1) is 0 Å². The molecule has 2 amide bonds. The van der Waals surface area contributed by atoms with Crippen LogP contribution in [0.3, 0.4) is 0 Å². The van der Waals surface area contributed by atoms with Crippen LogP contribution in [0, 0.1) is 0 Å². The van der Waals surface area contributed by atoms with E-state index < -0.39 is 6.04 Å². The lowest BCUT2D eigenvalue weighted by Gasteiger charge is -2.23. The van der Waals surface area contributed by atoms with E-state index in [-0.39, 0.29) is 25.0 Å². The average Bonchev–Trinajstić information content (AvgIpc) is 3.40. The molecule has 1 N–H and O–H groups in total. The van der Waals surface area contributed by atoms with E-state index >= 15 is 0 Å². The predicted molar refractivity (Wildman–Crippen MR) is 147 cm³/mol. The highest BCUT2D eigenvalue weighted by molar-refractivity contribution is 6.01. The molecule has 0 saturated carbocycles. The minimum atomic E-state index is -0.698. The van der Waals surface area contributed by atoms with Crippen LogP contribution in [0.5, 0.6) is 5.75 Å². The molecule has 0 aromatic heterocycles. The molecule has 1 heterocycles. The van der Waals surface area contributed by atoms with E-state index in [0.717, 1.165) is 21.9 Å². The summed E-state index contributed by atoms with van der Waals surface area (Å²) >= 11 is 0. The molecule has 1 fully saturated rings. The van der Waals surface area contributed by atoms with Crippen molar-refractivity contribution in [1.82, 2.24) is 10.2 Å². The van der Waals surface area contributed by atoms with Gasteiger partial charge in [0.25, 0.3) is 5.91 Å². The second-order valence-electron chi connectivity index (χ2n) is 9.12. The van der Waals surface area contributed by atoms with Crippen molar-refractivity contribution < 1.29 is 19.2 Å². The molecule has 0 spiro atoms. The number of rotatable bonds is 9. The number of hydrogen-bond acceptors (Lipinski definition) is 5. The zero-order chi connectivity index (χ0) is 26.2. The Bertz CT molecular complexity index is 1420. The smallest absolute Gasteiger partial charge is 0.261 e. The number of likely N-dealkylation sites (tertiary alicyclic amines) is 1. The molecule has 0 radical (unpaired) electrons. The number of amides is 2. The van der Waals surface area contributed by atoms with Crippen LogP contribution in [0.15, 0.2) is 108 Å². The summed E-state index contributed by atoms with van der Waals surface area (Å²) in [6.07, 6.45) is 0.299. The third-order valence-electron chi connectivity index (χ3n) is 6.49. The lowest BCUT2D eigenvalue weighted by molar-refractivity contribution is -0.139. The summed E-state index contributed by atoms with van der Waals surface area (Å²) in [5.74, 6) is 0.0729. The van der Waals surface area contributed by atoms with Gasteiger partial charge in [-0.05, 0) is 34.0 Å². The predicted octanol–water partition coefficient (Wildman–Crippen LogP) is 4.71. The van der Waals surface area contributed by atoms with E-state index in [2.05, 4.69) is 10.5 Å². The minimum Gasteiger partial charge on any atom is -0.484 e. The minimum absolute atomic E-state index is 0.171. The Morgan fingerprint density at radius 2 is 1.58 bits per heavy atom. The van der Waals surface area contributed by atoms with E-state index in [0.29, 0.717) is 31.0 Å². The molecular formula is C31H29N3O4. The van der Waals surface area contributed by atoms with Crippen LogP contribution in [0.2, 0.25) is 0 Å². The molecule has 7 nitrogen and oxygen atoms in total. The Hall–Kier alpha value is -4.65. The number of carbonyl (C=O) groups excluding carboxylic acids is 2. The van der Waals surface area contributed by atoms with Crippen molar-refractivity contribution in [3.8, 4) is 5.75 Å². The summed E-state index contributed by atoms with van der Waals surface area (Å²) in [4.78, 5) is 33.6. The fraction of sp³-hybridized carbons (Fsp3) is 0.194. The SMILES string of the molecule is O=C(NCc1cccc2ccccc12)[C@@H]1CC(=NOCc2ccccc2)CN1C(=O)COc1ccccc1. The molecule has 0 aliphatic carbocycles. The van der Waals surface area contributed by atoms with E-state index in [1.165, 1.54) is 4.90 Å². The third kappa shape index (κ3) is 6.18. The van der Waals surface area contributed by atoms with Gasteiger partial charge in [0.05, 0.1) is 12.3 Å². The van der Waals surface area contributed by atoms with Crippen LogP contribution in [-0.4, -0.2) is 41.6 Å². The summed E-state index contributed by atoms with van der Waals surface area (Å²) in [7, 11) is 0. The van der Waals surface area contributed by atoms with E-state index in [9.17, 15) is 9.59 Å². The zero-order valence-corrected chi connectivity index (χ0v) is 21.0. The first-order valence-electron chi connectivity index (χ1n) is 12.6. The fourth-order valence-electron chi connectivity index (χ4n) is 4.53.